The van der Waals surface area contributed by atoms with E-state index >= 15 is 30.7 Å². The molecule has 15 heterocycles. The van der Waals surface area contributed by atoms with E-state index in [9.17, 15) is 32.8 Å². The van der Waals surface area contributed by atoms with E-state index in [1.165, 1.54) is 77.1 Å². The van der Waals surface area contributed by atoms with Crippen LogP contribution in [-0.2, 0) is 47.2 Å². The molecular weight excluding hydrogens is 2030 g/mol. The van der Waals surface area contributed by atoms with Gasteiger partial charge < -0.3 is 72.1 Å². The summed E-state index contributed by atoms with van der Waals surface area (Å²) >= 11 is 2.95. The Morgan fingerprint density at radius 2 is 0.700 bits per heavy atom. The number of amides is 1. The van der Waals surface area contributed by atoms with Gasteiger partial charge in [0.25, 0.3) is 11.5 Å². The Kier molecular flexibility index (Phi) is 33.2. The molecule has 790 valence electrons. The van der Waals surface area contributed by atoms with Crippen LogP contribution in [0.1, 0.15) is 186 Å². The predicted octanol–water partition coefficient (Wildman–Crippen LogP) is 18.9. The molecule has 6 saturated heterocycles. The third-order valence-corrected chi connectivity index (χ3v) is 27.5. The van der Waals surface area contributed by atoms with Crippen LogP contribution in [0, 0.1) is 93.9 Å². The topological polar surface area (TPSA) is 375 Å². The van der Waals surface area contributed by atoms with Crippen molar-refractivity contribution in [2.24, 2.45) is 5.73 Å². The summed E-state index contributed by atoms with van der Waals surface area (Å²) in [5.74, 6) is -7.86. The highest BCUT2D eigenvalue weighted by Crippen LogP contribution is 2.46. The average molecular weight is 2140 g/mol. The number of aromatic amines is 1. The second-order valence-electron chi connectivity index (χ2n) is 37.4. The number of nitrogens with zero attached hydrogens (tertiary/aromatic N) is 13. The number of aromatic nitrogens is 14. The number of esters is 3. The molecule has 3 N–H and O–H groups in total. The van der Waals surface area contributed by atoms with Gasteiger partial charge in [0.05, 0.1) is 196 Å². The molecule has 0 saturated carbocycles. The smallest absolute Gasteiger partial charge is 0.481 e. The molecule has 14 aromatic rings. The highest BCUT2D eigenvalue weighted by molar-refractivity contribution is 9.10. The van der Waals surface area contributed by atoms with Crippen molar-refractivity contribution < 1.29 is 120 Å². The predicted molar refractivity (Wildman–Crippen MR) is 538 cm³/mol. The lowest BCUT2D eigenvalue weighted by Crippen LogP contribution is -2.41. The van der Waals surface area contributed by atoms with E-state index < -0.39 is 94.5 Å². The minimum absolute atomic E-state index is 0.0108. The fourth-order valence-electron chi connectivity index (χ4n) is 19.1. The summed E-state index contributed by atoms with van der Waals surface area (Å²) in [7, 11) is 3.31. The summed E-state index contributed by atoms with van der Waals surface area (Å²) in [6.07, 6.45) is 10.2. The summed E-state index contributed by atoms with van der Waals surface area (Å²) in [6, 6.07) is 16.3. The Morgan fingerprint density at radius 3 is 1.05 bits per heavy atom. The molecule has 0 aliphatic carbocycles. The van der Waals surface area contributed by atoms with E-state index in [2.05, 4.69) is 61.4 Å². The molecular formula is C106H110BBrF9N15O18. The molecule has 0 unspecified atom stereocenters. The lowest BCUT2D eigenvalue weighted by atomic mass is 9.78. The molecule has 6 aliphatic rings. The number of halogens is 10. The van der Waals surface area contributed by atoms with Crippen LogP contribution in [0.2, 0.25) is 0 Å². The van der Waals surface area contributed by atoms with Gasteiger partial charge in [-0.3, -0.25) is 33.0 Å². The largest absolute Gasteiger partial charge is 0.497 e. The fourth-order valence-corrected chi connectivity index (χ4v) is 19.4. The van der Waals surface area contributed by atoms with Crippen molar-refractivity contribution in [3.63, 3.8) is 0 Å². The van der Waals surface area contributed by atoms with Gasteiger partial charge in [0.2, 0.25) is 17.6 Å². The number of carbonyl (C=O) groups excluding carboxylic acids is 4. The van der Waals surface area contributed by atoms with Crippen LogP contribution in [-0.4, -0.2) is 218 Å². The lowest BCUT2D eigenvalue weighted by Gasteiger charge is -2.32. The maximum absolute atomic E-state index is 15.6. The molecule has 5 atom stereocenters. The van der Waals surface area contributed by atoms with E-state index in [1.807, 2.05) is 47.6 Å². The van der Waals surface area contributed by atoms with Gasteiger partial charge in [0, 0.05) is 117 Å². The summed E-state index contributed by atoms with van der Waals surface area (Å²) in [6.45, 7) is 28.5. The van der Waals surface area contributed by atoms with E-state index in [0.29, 0.717) is 164 Å². The number of carbonyl (C=O) groups is 4. The van der Waals surface area contributed by atoms with Gasteiger partial charge in [-0.05, 0) is 234 Å². The van der Waals surface area contributed by atoms with Crippen molar-refractivity contribution in [2.45, 2.75) is 164 Å². The van der Waals surface area contributed by atoms with Crippen LogP contribution in [0.25, 0.3) is 100 Å². The number of hydrogen-bond acceptors (Lipinski definition) is 26. The number of fused-ring (bicyclic) bond motifs is 3. The maximum Gasteiger partial charge on any atom is 0.497 e. The Labute approximate surface area is 864 Å². The summed E-state index contributed by atoms with van der Waals surface area (Å²) in [5, 5.41) is 22.5. The number of methoxy groups -OCH3 is 3. The second-order valence-corrected chi connectivity index (χ2v) is 38.3. The number of H-pyrrole nitrogens is 1. The monoisotopic (exact) mass is 2140 g/mol. The van der Waals surface area contributed by atoms with Crippen molar-refractivity contribution in [1.82, 2.24) is 68.8 Å². The highest BCUT2D eigenvalue weighted by Gasteiger charge is 2.53. The molecule has 44 heteroatoms. The molecule has 6 aliphatic heterocycles. The molecule has 0 radical (unpaired) electrons. The zero-order valence-electron chi connectivity index (χ0n) is 85.1. The van der Waals surface area contributed by atoms with Crippen molar-refractivity contribution in [3.05, 3.63) is 233 Å². The Morgan fingerprint density at radius 1 is 0.400 bits per heavy atom. The number of nitrogens with one attached hydrogen (secondary N) is 1. The van der Waals surface area contributed by atoms with Crippen LogP contribution in [0.15, 0.2) is 119 Å². The number of nitrogens with two attached hydrogens (primary N) is 1. The molecule has 9 aromatic heterocycles. The van der Waals surface area contributed by atoms with Crippen molar-refractivity contribution in [1.29, 1.82) is 0 Å². The van der Waals surface area contributed by atoms with Gasteiger partial charge in [-0.1, -0.05) is 0 Å². The zero-order valence-corrected chi connectivity index (χ0v) is 86.7. The fraction of sp³-hybridized carbons (Fsp3) is 0.387. The number of ether oxygens (including phenoxy) is 11. The standard InChI is InChI=1S/C24H25F2N3O4.C22H27BF2N2O5.C22H22F2N4O3.C22H21FN4O3.C16H15BrF2N2O3/c1-5-33-24(30)18-11-27-29(15-6-7-32-12-15)22(18)17-10-19(25)16(9-20(17)26)21-13(2)8-14(3)28-23(21)31-4;1-6-30-20(28)15-11-26-27(13-7-8-29-12-13)19(15)14-9-18(25)16(10-17(14)24)23-31-21(2,3)22(4,5)32-23;1-11-6-12(2)27-22(30-3)19(11)14-7-18(24)15(8-17(14)23)20-16(21(25)29)9-26-28(20)13-4-5-31-10-13;1-11-6-12(2)25-22(29-3)19(11)14-8-18-15(7-17(14)23)20-16(21(28)26-18)9-24-27(20)13-4-5-30-10-13;1-2-24-16(22)11-7-20-21(9-3-4-23-8-9)15(11)10-5-14(19)12(17)6-13(10)18/h8-11,15H,5-7,12H2,1-4H3;9-11,13H,6-8,12H2,1-5H3;6-9,13H,4-5,10H2,1-3H3,(H2,25,29);6-9,13H,4-5,10H2,1-3H3,(H,26,28);5-7,9H,2-4,8H2,1H3/t15-;3*13-;9-/m00000/s1. The summed E-state index contributed by atoms with van der Waals surface area (Å²) in [4.78, 5) is 77.8. The van der Waals surface area contributed by atoms with E-state index in [-0.39, 0.29) is 156 Å². The van der Waals surface area contributed by atoms with Crippen molar-refractivity contribution in [2.75, 3.05) is 107 Å². The molecule has 150 heavy (non-hydrogen) atoms. The van der Waals surface area contributed by atoms with Crippen molar-refractivity contribution in [3.8, 4) is 96.1 Å². The van der Waals surface area contributed by atoms with Gasteiger partial charge >= 0.3 is 25.0 Å². The number of hydrogen-bond donors (Lipinski definition) is 2. The first-order valence-corrected chi connectivity index (χ1v) is 49.3. The number of primary amides is 1. The number of rotatable bonds is 23. The first-order valence-electron chi connectivity index (χ1n) is 48.5. The minimum Gasteiger partial charge on any atom is -0.481 e. The van der Waals surface area contributed by atoms with Crippen LogP contribution in [0.5, 0.6) is 17.6 Å². The molecule has 0 spiro atoms. The average Bonchev–Trinajstić information content (AvgIpc) is 1.59. The first kappa shape index (κ1) is 109. The quantitative estimate of drug-likeness (QED) is 0.0197. The third kappa shape index (κ3) is 22.0. The second kappa shape index (κ2) is 45.8. The summed E-state index contributed by atoms with van der Waals surface area (Å²) < 4.78 is 214. The van der Waals surface area contributed by atoms with Crippen LogP contribution < -0.4 is 31.0 Å². The Hall–Kier alpha value is -14.0. The molecule has 6 fully saturated rings. The number of pyridine rings is 4. The van der Waals surface area contributed by atoms with E-state index in [0.717, 1.165) is 66.2 Å². The first-order chi connectivity index (χ1) is 71.7. The third-order valence-electron chi connectivity index (χ3n) is 26.9. The normalized spacial score (nSPS) is 17.5. The van der Waals surface area contributed by atoms with Gasteiger partial charge in [-0.25, -0.2) is 68.8 Å². The zero-order chi connectivity index (χ0) is 107. The number of benzene rings is 5. The van der Waals surface area contributed by atoms with Crippen molar-refractivity contribution >= 4 is 74.1 Å². The van der Waals surface area contributed by atoms with Gasteiger partial charge in [0.1, 0.15) is 69.0 Å². The van der Waals surface area contributed by atoms with E-state index in [4.69, 9.17) is 67.1 Å². The molecule has 20 rings (SSSR count). The number of aryl methyl sites for hydroxylation is 6. The molecule has 5 aromatic carbocycles. The van der Waals surface area contributed by atoms with Gasteiger partial charge in [0.15, 0.2) is 0 Å². The molecule has 33 nitrogen and oxygen atoms in total. The van der Waals surface area contributed by atoms with Gasteiger partial charge in [-0.15, -0.1) is 0 Å². The van der Waals surface area contributed by atoms with E-state index in [1.54, 1.807) is 71.3 Å². The minimum atomic E-state index is -1.05. The lowest BCUT2D eigenvalue weighted by molar-refractivity contribution is 0.00578. The summed E-state index contributed by atoms with van der Waals surface area (Å²) in [5.41, 5.74) is 11.6. The SMILES string of the molecule is CCOC(=O)c1cnn([C@H]2CCOC2)c1-c1cc(F)c(-c2c(C)cc(C)nc2OC)cc1F.CCOC(=O)c1cnn([C@H]2CCOC2)c1-c1cc(F)c(B2OC(C)(C)C(C)(C)O2)cc1F.CCOC(=O)c1cnn([C@H]2CCOC2)c1-c1cc(F)c(Br)cc1F.COc1nc(C)cc(C)c1-c1cc(F)c(-c2c(C(N)=O)cnn2[C@H]2CCOC2)cc1F.COc1nc(C)cc(C)c1-c1cc2[nH]c(=O)c3cnn([C@H]4CCOC4)c3c2cc1F. The Bertz CT molecular complexity index is 7530. The molecule has 1 amide bonds. The van der Waals surface area contributed by atoms with Crippen LogP contribution >= 0.6 is 15.9 Å². The van der Waals surface area contributed by atoms with Gasteiger partial charge in [-0.2, -0.15) is 25.5 Å². The highest BCUT2D eigenvalue weighted by atomic mass is 79.9. The molecule has 0 bridgehead atoms. The van der Waals surface area contributed by atoms with Crippen LogP contribution in [0.4, 0.5) is 39.5 Å². The van der Waals surface area contributed by atoms with Crippen LogP contribution in [0.3, 0.4) is 0 Å². The maximum atomic E-state index is 15.6. The Balaban J connectivity index is 0.000000134.